The Bertz CT molecular complexity index is 3240. The van der Waals surface area contributed by atoms with Gasteiger partial charge in [0.2, 0.25) is 7.29 Å². The van der Waals surface area contributed by atoms with E-state index in [1.165, 1.54) is 24.5 Å². The Morgan fingerprint density at radius 1 is 0.868 bits per heavy atom. The van der Waals surface area contributed by atoms with Crippen LogP contribution in [0.2, 0.25) is 5.02 Å². The molecule has 0 bridgehead atoms. The third-order valence-electron chi connectivity index (χ3n) is 15.1. The van der Waals surface area contributed by atoms with Crippen molar-refractivity contribution in [2.24, 2.45) is 5.92 Å². The number of aromatic nitrogens is 1. The van der Waals surface area contributed by atoms with E-state index in [0.29, 0.717) is 110 Å². The third-order valence-corrected chi connectivity index (χ3v) is 21.0. The van der Waals surface area contributed by atoms with Crippen LogP contribution in [0.15, 0.2) is 125 Å². The van der Waals surface area contributed by atoms with Gasteiger partial charge in [-0.05, 0) is 143 Å². The molecule has 1 unspecified atom stereocenters. The maximum absolute atomic E-state index is 15.8. The molecule has 5 aromatic carbocycles. The average molecular weight is 1110 g/mol. The lowest BCUT2D eigenvalue weighted by atomic mass is 9.97. The van der Waals surface area contributed by atoms with Gasteiger partial charge in [0.05, 0.1) is 27.1 Å². The zero-order valence-corrected chi connectivity index (χ0v) is 46.3. The van der Waals surface area contributed by atoms with E-state index in [1.807, 2.05) is 91.2 Å². The Kier molecular flexibility index (Phi) is 16.7. The van der Waals surface area contributed by atoms with E-state index in [-0.39, 0.29) is 46.1 Å². The van der Waals surface area contributed by atoms with E-state index in [0.717, 1.165) is 26.5 Å². The number of likely N-dealkylation sites (tertiary alicyclic amines) is 1. The number of nitro benzene ring substituents is 1. The molecular weight excluding hydrogens is 1050 g/mol. The summed E-state index contributed by atoms with van der Waals surface area (Å²) in [5.74, 6) is -0.996. The molecule has 15 nitrogen and oxygen atoms in total. The number of aliphatic carboxylic acids is 1. The molecule has 0 amide bonds. The van der Waals surface area contributed by atoms with Crippen LogP contribution in [-0.4, -0.2) is 114 Å². The van der Waals surface area contributed by atoms with Gasteiger partial charge in [0.1, 0.15) is 11.5 Å². The summed E-state index contributed by atoms with van der Waals surface area (Å²) in [4.78, 5) is 32.5. The SMILES string of the molecule is Cc1c(S(C)(=O)=O)c(-c2cc(F)cc(N3CCN(c4ccc([C@@H]5CCN(O)P5(=O)c5ccc(N[C@H](CCN6CCC(C(=O)O)CC6)CSc6ccccc6)c([N+](=O)[O-])c5)cc4)CC3)c2)c(-c2ccc(Cl)cc2)n1C(C)C. The maximum Gasteiger partial charge on any atom is 0.306 e. The van der Waals surface area contributed by atoms with E-state index in [1.54, 1.807) is 43.0 Å². The molecule has 3 aliphatic heterocycles. The van der Waals surface area contributed by atoms with Gasteiger partial charge in [0, 0.05) is 107 Å². The van der Waals surface area contributed by atoms with Gasteiger partial charge >= 0.3 is 5.97 Å². The van der Waals surface area contributed by atoms with Gasteiger partial charge in [-0.25, -0.2) is 12.8 Å². The van der Waals surface area contributed by atoms with Crippen molar-refractivity contribution in [1.82, 2.24) is 14.3 Å². The van der Waals surface area contributed by atoms with E-state index in [4.69, 9.17) is 11.6 Å². The van der Waals surface area contributed by atoms with Crippen LogP contribution in [0, 0.1) is 28.8 Å². The molecule has 3 N–H and O–H groups in total. The van der Waals surface area contributed by atoms with Crippen molar-refractivity contribution in [2.75, 3.05) is 79.5 Å². The number of hydroxylamine groups is 1. The molecule has 3 aliphatic rings. The minimum Gasteiger partial charge on any atom is -0.481 e. The topological polar surface area (TPSA) is 182 Å². The molecule has 9 rings (SSSR count). The molecule has 76 heavy (non-hydrogen) atoms. The molecule has 3 saturated heterocycles. The average Bonchev–Trinajstić information content (AvgIpc) is 3.95. The standard InChI is InChI=1S/C56H64ClFN7O8PS2/c1-37(2)64-38(3)55(76(4,72)73)53(54(64)40-10-14-43(57)15-11-40)42-32-44(58)34-47(33-42)62-30-28-61(29-31-62)46-16-12-39(13-17-46)52-23-27-63(68)74(52,71)48-18-19-50(51(35-48)65(69)70)59-45(36-75-49-8-6-5-7-9-49)22-26-60-24-20-41(21-25-60)56(66)67/h5-19,32-35,37,41,45,52,59,68H,20-31,36H2,1-4H3,(H,66,67)/t45-,52+,74?/m1/s1. The van der Waals surface area contributed by atoms with Crippen LogP contribution in [0.4, 0.5) is 27.1 Å². The number of thioether (sulfide) groups is 1. The molecule has 4 heterocycles. The second-order valence-corrected chi connectivity index (χ2v) is 26.7. The number of sulfone groups is 1. The molecule has 0 radical (unpaired) electrons. The van der Waals surface area contributed by atoms with Gasteiger partial charge in [-0.3, -0.25) is 19.5 Å². The van der Waals surface area contributed by atoms with Gasteiger partial charge < -0.3 is 34.9 Å². The van der Waals surface area contributed by atoms with Crippen molar-refractivity contribution in [3.63, 3.8) is 0 Å². The van der Waals surface area contributed by atoms with Crippen molar-refractivity contribution < 1.29 is 37.4 Å². The fourth-order valence-corrected chi connectivity index (χ4v) is 16.6. The molecule has 0 spiro atoms. The van der Waals surface area contributed by atoms with Crippen molar-refractivity contribution in [1.29, 1.82) is 0 Å². The predicted octanol–water partition coefficient (Wildman–Crippen LogP) is 11.6. The van der Waals surface area contributed by atoms with E-state index >= 15 is 8.96 Å². The lowest BCUT2D eigenvalue weighted by molar-refractivity contribution is -0.383. The van der Waals surface area contributed by atoms with Crippen LogP contribution in [0.3, 0.4) is 0 Å². The van der Waals surface area contributed by atoms with Crippen molar-refractivity contribution in [3.8, 4) is 22.4 Å². The largest absolute Gasteiger partial charge is 0.481 e. The van der Waals surface area contributed by atoms with Crippen molar-refractivity contribution >= 4 is 74.5 Å². The van der Waals surface area contributed by atoms with Crippen LogP contribution < -0.4 is 20.4 Å². The lowest BCUT2D eigenvalue weighted by Gasteiger charge is -2.37. The summed E-state index contributed by atoms with van der Waals surface area (Å²) in [6, 6.07) is 33.8. The molecule has 20 heteroatoms. The number of hydrogen-bond donors (Lipinski definition) is 3. The minimum atomic E-state index is -3.81. The summed E-state index contributed by atoms with van der Waals surface area (Å²) >= 11 is 7.91. The number of nitrogens with one attached hydrogen (secondary N) is 1. The summed E-state index contributed by atoms with van der Waals surface area (Å²) in [5, 5.41) is 37.8. The molecule has 3 fully saturated rings. The first-order valence-corrected chi connectivity index (χ1v) is 30.6. The number of carbonyl (C=O) groups is 1. The highest BCUT2D eigenvalue weighted by Crippen LogP contribution is 2.66. The van der Waals surface area contributed by atoms with Gasteiger partial charge in [-0.2, -0.15) is 0 Å². The first kappa shape index (κ1) is 55.0. The Balaban J connectivity index is 0.908. The Morgan fingerprint density at radius 2 is 1.53 bits per heavy atom. The molecule has 1 aromatic heterocycles. The Labute approximate surface area is 453 Å². The highest BCUT2D eigenvalue weighted by atomic mass is 35.5. The number of benzene rings is 5. The monoisotopic (exact) mass is 1110 g/mol. The number of piperazine rings is 1. The van der Waals surface area contributed by atoms with Gasteiger partial charge in [-0.15, -0.1) is 16.6 Å². The minimum absolute atomic E-state index is 0.109. The normalized spacial score (nSPS) is 19.3. The maximum atomic E-state index is 15.8. The highest BCUT2D eigenvalue weighted by Gasteiger charge is 2.47. The summed E-state index contributed by atoms with van der Waals surface area (Å²) in [6.45, 7) is 10.2. The van der Waals surface area contributed by atoms with Crippen LogP contribution in [0.25, 0.3) is 22.4 Å². The molecule has 6 aromatic rings. The number of carboxylic acids is 1. The smallest absolute Gasteiger partial charge is 0.306 e. The highest BCUT2D eigenvalue weighted by molar-refractivity contribution is 7.99. The second kappa shape index (κ2) is 23.1. The summed E-state index contributed by atoms with van der Waals surface area (Å²) in [6.07, 6.45) is 3.36. The van der Waals surface area contributed by atoms with Gasteiger partial charge in [0.25, 0.3) is 5.69 Å². The van der Waals surface area contributed by atoms with Crippen molar-refractivity contribution in [3.05, 3.63) is 147 Å². The molecule has 0 aliphatic carbocycles. The first-order valence-electron chi connectivity index (χ1n) is 25.7. The van der Waals surface area contributed by atoms with Crippen molar-refractivity contribution in [2.45, 2.75) is 74.0 Å². The number of nitro groups is 1. The first-order chi connectivity index (χ1) is 36.3. The van der Waals surface area contributed by atoms with Gasteiger partial charge in [-0.1, -0.05) is 54.1 Å². The Hall–Kier alpha value is -5.72. The number of hydrogen-bond acceptors (Lipinski definition) is 12. The number of carboxylic acid groups (broad SMARTS) is 1. The Morgan fingerprint density at radius 3 is 2.14 bits per heavy atom. The van der Waals surface area contributed by atoms with E-state index in [9.17, 15) is 33.6 Å². The van der Waals surface area contributed by atoms with E-state index in [2.05, 4.69) is 20.0 Å². The van der Waals surface area contributed by atoms with E-state index < -0.39 is 39.5 Å². The fourth-order valence-electron chi connectivity index (χ4n) is 11.2. The summed E-state index contributed by atoms with van der Waals surface area (Å²) in [5.41, 5.74) is 4.58. The number of rotatable bonds is 18. The predicted molar refractivity (Wildman–Crippen MR) is 302 cm³/mol. The second-order valence-electron chi connectivity index (χ2n) is 20.3. The van der Waals surface area contributed by atoms with Gasteiger partial charge in [0.15, 0.2) is 9.84 Å². The van der Waals surface area contributed by atoms with Crippen LogP contribution in [0.5, 0.6) is 0 Å². The molecule has 3 atom stereocenters. The lowest BCUT2D eigenvalue weighted by Crippen LogP contribution is -2.46. The quantitative estimate of drug-likeness (QED) is 0.0320. The molecular formula is C56H64ClFN7O8PS2. The summed E-state index contributed by atoms with van der Waals surface area (Å²) in [7, 11) is -7.58. The van der Waals surface area contributed by atoms with Crippen LogP contribution in [0.1, 0.15) is 62.5 Å². The number of halogens is 2. The number of nitrogens with zero attached hydrogens (tertiary/aromatic N) is 6. The third kappa shape index (κ3) is 11.7. The summed E-state index contributed by atoms with van der Waals surface area (Å²) < 4.78 is 60.2. The van der Waals surface area contributed by atoms with Crippen LogP contribution in [-0.2, 0) is 19.2 Å². The number of anilines is 3. The van der Waals surface area contributed by atoms with Crippen LogP contribution >= 0.6 is 30.7 Å². The molecule has 402 valence electrons. The number of piperidine rings is 1. The molecule has 0 saturated carbocycles. The fraction of sp³-hybridized carbons (Fsp3) is 0.375. The zero-order chi connectivity index (χ0) is 54.1. The zero-order valence-electron chi connectivity index (χ0n) is 43.0.